The molecule has 2 aromatic heterocycles. The molecule has 0 aromatic carbocycles. The molecule has 0 aliphatic heterocycles. The van der Waals surface area contributed by atoms with Crippen LogP contribution in [0.15, 0.2) is 18.3 Å². The molecule has 122 valence electrons. The van der Waals surface area contributed by atoms with Gasteiger partial charge in [-0.2, -0.15) is 5.10 Å². The van der Waals surface area contributed by atoms with Gasteiger partial charge in [-0.3, -0.25) is 14.9 Å². The number of hydrogen-bond donors (Lipinski definition) is 3. The summed E-state index contributed by atoms with van der Waals surface area (Å²) in [6, 6.07) is 3.22. The zero-order valence-corrected chi connectivity index (χ0v) is 13.3. The van der Waals surface area contributed by atoms with Gasteiger partial charge in [0.05, 0.1) is 35.9 Å². The highest BCUT2D eigenvalue weighted by Crippen LogP contribution is 2.17. The summed E-state index contributed by atoms with van der Waals surface area (Å²) in [5, 5.41) is 12.2. The summed E-state index contributed by atoms with van der Waals surface area (Å²) in [5.74, 6) is -0.266. The maximum absolute atomic E-state index is 12.3. The largest absolute Gasteiger partial charge is 0.450 e. The number of ether oxygens (including phenoxy) is 1. The van der Waals surface area contributed by atoms with E-state index in [1.54, 1.807) is 26.0 Å². The van der Waals surface area contributed by atoms with Gasteiger partial charge in [0.25, 0.3) is 5.91 Å². The quantitative estimate of drug-likeness (QED) is 0.780. The number of amides is 2. The van der Waals surface area contributed by atoms with Crippen LogP contribution in [0.4, 0.5) is 10.5 Å². The molecule has 0 bridgehead atoms. The molecule has 8 nitrogen and oxygen atoms in total. The van der Waals surface area contributed by atoms with Crippen molar-refractivity contribution >= 4 is 17.7 Å². The van der Waals surface area contributed by atoms with Gasteiger partial charge in [0, 0.05) is 11.8 Å². The Labute approximate surface area is 133 Å². The summed E-state index contributed by atoms with van der Waals surface area (Å²) in [7, 11) is 0. The first-order chi connectivity index (χ1) is 11.0. The summed E-state index contributed by atoms with van der Waals surface area (Å²) in [4.78, 5) is 27.7. The predicted octanol–water partition coefficient (Wildman–Crippen LogP) is 1.92. The van der Waals surface area contributed by atoms with E-state index in [1.165, 1.54) is 6.20 Å². The van der Waals surface area contributed by atoms with Gasteiger partial charge in [-0.05, 0) is 32.9 Å². The zero-order valence-electron chi connectivity index (χ0n) is 13.3. The molecule has 0 aliphatic carbocycles. The molecule has 2 aromatic rings. The minimum Gasteiger partial charge on any atom is -0.450 e. The van der Waals surface area contributed by atoms with Crippen LogP contribution in [0, 0.1) is 13.8 Å². The van der Waals surface area contributed by atoms with Gasteiger partial charge in [0.15, 0.2) is 0 Å². The van der Waals surface area contributed by atoms with Crippen molar-refractivity contribution in [2.75, 3.05) is 11.9 Å². The lowest BCUT2D eigenvalue weighted by atomic mass is 10.2. The molecular weight excluding hydrogens is 298 g/mol. The average Bonchev–Trinajstić information content (AvgIpc) is 2.85. The van der Waals surface area contributed by atoms with Crippen molar-refractivity contribution in [1.82, 2.24) is 20.5 Å². The van der Waals surface area contributed by atoms with Crippen LogP contribution in [0.5, 0.6) is 0 Å². The Bertz CT molecular complexity index is 691. The molecular formula is C15H19N5O3. The van der Waals surface area contributed by atoms with Gasteiger partial charge in [-0.25, -0.2) is 4.79 Å². The highest BCUT2D eigenvalue weighted by Gasteiger charge is 2.13. The lowest BCUT2D eigenvalue weighted by Gasteiger charge is -2.08. The number of rotatable bonds is 5. The first-order valence-corrected chi connectivity index (χ1v) is 7.19. The number of carbonyl (C=O) groups is 2. The fraction of sp³-hybridized carbons (Fsp3) is 0.333. The minimum absolute atomic E-state index is 0.184. The fourth-order valence-electron chi connectivity index (χ4n) is 1.98. The smallest absolute Gasteiger partial charge is 0.407 e. The number of carbonyl (C=O) groups excluding carboxylic acids is 2. The van der Waals surface area contributed by atoms with Crippen LogP contribution < -0.4 is 10.6 Å². The molecule has 0 saturated heterocycles. The summed E-state index contributed by atoms with van der Waals surface area (Å²) < 4.78 is 4.77. The van der Waals surface area contributed by atoms with E-state index in [-0.39, 0.29) is 12.5 Å². The van der Waals surface area contributed by atoms with Crippen molar-refractivity contribution in [2.24, 2.45) is 0 Å². The van der Waals surface area contributed by atoms with Crippen molar-refractivity contribution < 1.29 is 14.3 Å². The van der Waals surface area contributed by atoms with Crippen molar-refractivity contribution in [3.63, 3.8) is 0 Å². The molecule has 0 saturated carbocycles. The number of hydrogen-bond acceptors (Lipinski definition) is 5. The number of nitrogens with one attached hydrogen (secondary N) is 3. The zero-order chi connectivity index (χ0) is 16.8. The van der Waals surface area contributed by atoms with Crippen LogP contribution in [0.1, 0.15) is 34.4 Å². The number of aryl methyl sites for hydroxylation is 2. The number of aromatic amines is 1. The number of alkyl carbamates (subject to hydrolysis) is 1. The Morgan fingerprint density at radius 2 is 2.13 bits per heavy atom. The minimum atomic E-state index is -0.520. The van der Waals surface area contributed by atoms with E-state index in [9.17, 15) is 9.59 Å². The van der Waals surface area contributed by atoms with E-state index in [0.717, 1.165) is 5.69 Å². The normalized spacial score (nSPS) is 10.2. The summed E-state index contributed by atoms with van der Waals surface area (Å²) in [5.41, 5.74) is 3.17. The predicted molar refractivity (Wildman–Crippen MR) is 84.1 cm³/mol. The van der Waals surface area contributed by atoms with Crippen LogP contribution >= 0.6 is 0 Å². The lowest BCUT2D eigenvalue weighted by molar-refractivity contribution is 0.102. The second-order valence-corrected chi connectivity index (χ2v) is 4.87. The molecule has 2 heterocycles. The summed E-state index contributed by atoms with van der Waals surface area (Å²) in [6.07, 6.45) is 1.00. The Morgan fingerprint density at radius 1 is 1.35 bits per heavy atom. The summed E-state index contributed by atoms with van der Waals surface area (Å²) in [6.45, 7) is 5.84. The van der Waals surface area contributed by atoms with Crippen LogP contribution in [-0.4, -0.2) is 33.8 Å². The van der Waals surface area contributed by atoms with Gasteiger partial charge in [0.2, 0.25) is 0 Å². The molecule has 0 atom stereocenters. The van der Waals surface area contributed by atoms with E-state index in [1.807, 2.05) is 6.92 Å². The first-order valence-electron chi connectivity index (χ1n) is 7.19. The van der Waals surface area contributed by atoms with Crippen molar-refractivity contribution in [1.29, 1.82) is 0 Å². The summed E-state index contributed by atoms with van der Waals surface area (Å²) >= 11 is 0. The highest BCUT2D eigenvalue weighted by atomic mass is 16.5. The van der Waals surface area contributed by atoms with E-state index < -0.39 is 6.09 Å². The van der Waals surface area contributed by atoms with E-state index in [4.69, 9.17) is 4.74 Å². The van der Waals surface area contributed by atoms with Gasteiger partial charge in [0.1, 0.15) is 0 Å². The number of pyridine rings is 1. The van der Waals surface area contributed by atoms with Crippen LogP contribution in [0.2, 0.25) is 0 Å². The molecule has 2 amide bonds. The van der Waals surface area contributed by atoms with Gasteiger partial charge in [-0.1, -0.05) is 0 Å². The van der Waals surface area contributed by atoms with E-state index in [0.29, 0.717) is 29.2 Å². The van der Waals surface area contributed by atoms with Crippen molar-refractivity contribution in [2.45, 2.75) is 27.3 Å². The number of H-pyrrole nitrogens is 1. The third-order valence-electron chi connectivity index (χ3n) is 3.13. The topological polar surface area (TPSA) is 109 Å². The molecule has 0 unspecified atom stereocenters. The third-order valence-corrected chi connectivity index (χ3v) is 3.13. The average molecular weight is 317 g/mol. The highest BCUT2D eigenvalue weighted by molar-refractivity contribution is 6.04. The molecule has 0 aliphatic rings. The van der Waals surface area contributed by atoms with Crippen LogP contribution in [0.3, 0.4) is 0 Å². The number of nitrogens with zero attached hydrogens (tertiary/aromatic N) is 2. The molecule has 3 N–H and O–H groups in total. The van der Waals surface area contributed by atoms with Crippen molar-refractivity contribution in [3.8, 4) is 0 Å². The lowest BCUT2D eigenvalue weighted by Crippen LogP contribution is -2.24. The van der Waals surface area contributed by atoms with E-state index >= 15 is 0 Å². The fourth-order valence-corrected chi connectivity index (χ4v) is 1.98. The third kappa shape index (κ3) is 4.29. The Morgan fingerprint density at radius 3 is 2.78 bits per heavy atom. The number of aromatic nitrogens is 3. The maximum atomic E-state index is 12.3. The first kappa shape index (κ1) is 16.5. The second kappa shape index (κ2) is 7.39. The van der Waals surface area contributed by atoms with E-state index in [2.05, 4.69) is 25.8 Å². The Balaban J connectivity index is 2.04. The molecule has 0 fully saturated rings. The monoisotopic (exact) mass is 317 g/mol. The maximum Gasteiger partial charge on any atom is 0.407 e. The SMILES string of the molecule is CCOC(=O)NCc1cc(C(=O)Nc2c(C)n[nH]c2C)ccn1. The van der Waals surface area contributed by atoms with Crippen molar-refractivity contribution in [3.05, 3.63) is 41.0 Å². The van der Waals surface area contributed by atoms with Gasteiger partial charge < -0.3 is 15.4 Å². The van der Waals surface area contributed by atoms with Crippen LogP contribution in [-0.2, 0) is 11.3 Å². The van der Waals surface area contributed by atoms with Crippen LogP contribution in [0.25, 0.3) is 0 Å². The standard InChI is InChI=1S/C15H19N5O3/c1-4-23-15(22)17-8-12-7-11(5-6-16-12)14(21)18-13-9(2)19-20-10(13)3/h5-7H,4,8H2,1-3H3,(H,17,22)(H,18,21)(H,19,20). The molecule has 2 rings (SSSR count). The van der Waals surface area contributed by atoms with Gasteiger partial charge in [-0.15, -0.1) is 0 Å². The van der Waals surface area contributed by atoms with Gasteiger partial charge >= 0.3 is 6.09 Å². The molecule has 0 radical (unpaired) electrons. The Kier molecular flexibility index (Phi) is 5.29. The second-order valence-electron chi connectivity index (χ2n) is 4.87. The molecule has 0 spiro atoms. The molecule has 8 heteroatoms. The number of anilines is 1. The molecule has 23 heavy (non-hydrogen) atoms. The Hall–Kier alpha value is -2.90.